The van der Waals surface area contributed by atoms with Gasteiger partial charge in [-0.25, -0.2) is 4.79 Å². The number of likely N-dealkylation sites (tertiary alicyclic amines) is 1. The van der Waals surface area contributed by atoms with Gasteiger partial charge in [-0.1, -0.05) is 48.5 Å². The van der Waals surface area contributed by atoms with E-state index in [1.165, 1.54) is 11.8 Å². The summed E-state index contributed by atoms with van der Waals surface area (Å²) in [6, 6.07) is 12.3. The molecule has 4 atom stereocenters. The van der Waals surface area contributed by atoms with Crippen LogP contribution in [-0.2, 0) is 28.7 Å². The number of nitrogens with one attached hydrogen (secondary N) is 2. The molecule has 1 heterocycles. The third-order valence-corrected chi connectivity index (χ3v) is 7.60. The topological polar surface area (TPSA) is 183 Å². The van der Waals surface area contributed by atoms with E-state index in [1.807, 2.05) is 48.5 Å². The van der Waals surface area contributed by atoms with E-state index in [9.17, 15) is 29.1 Å². The first-order valence-electron chi connectivity index (χ1n) is 13.9. The Kier molecular flexibility index (Phi) is 9.92. The van der Waals surface area contributed by atoms with Gasteiger partial charge in [-0.15, -0.1) is 0 Å². The molecule has 5 N–H and O–H groups in total. The van der Waals surface area contributed by atoms with E-state index in [1.54, 1.807) is 0 Å². The molecule has 2 aliphatic rings. The molecule has 0 bridgehead atoms. The number of β-amino-alcohol motifs (C(OH)–C–C–N with tert-alkyl or cyclic N) is 1. The van der Waals surface area contributed by atoms with Crippen molar-refractivity contribution in [2.45, 2.75) is 62.8 Å². The second-order valence-electron chi connectivity index (χ2n) is 10.5. The summed E-state index contributed by atoms with van der Waals surface area (Å²) in [6.45, 7) is 0.608. The minimum absolute atomic E-state index is 0.00180. The third-order valence-electron chi connectivity index (χ3n) is 7.60. The predicted molar refractivity (Wildman–Crippen MR) is 149 cm³/mol. The van der Waals surface area contributed by atoms with E-state index >= 15 is 0 Å². The van der Waals surface area contributed by atoms with Gasteiger partial charge in [0.25, 0.3) is 0 Å². The summed E-state index contributed by atoms with van der Waals surface area (Å²) in [7, 11) is 0. The molecule has 12 nitrogen and oxygen atoms in total. The first-order valence-corrected chi connectivity index (χ1v) is 13.9. The number of hydrogen-bond donors (Lipinski definition) is 5. The van der Waals surface area contributed by atoms with Crippen LogP contribution in [0.25, 0.3) is 11.1 Å². The SMILES string of the molecule is C[C@H](NC(=O)[C@@H]1C[C@@H](O)CN1C(=O)CCCC(=O)OCC1c2ccccc2-c2ccccc21)C(=O)N[C@@H](CO)C(=O)O. The number of ether oxygens (including phenoxy) is 1. The number of carbonyl (C=O) groups excluding carboxylic acids is 4. The van der Waals surface area contributed by atoms with E-state index in [0.29, 0.717) is 0 Å². The van der Waals surface area contributed by atoms with Crippen LogP contribution in [-0.4, -0.2) is 93.9 Å². The average molecular weight is 582 g/mol. The molecule has 12 heteroatoms. The van der Waals surface area contributed by atoms with Crippen molar-refractivity contribution in [1.29, 1.82) is 0 Å². The Hall–Kier alpha value is -4.29. The second-order valence-corrected chi connectivity index (χ2v) is 10.5. The zero-order valence-corrected chi connectivity index (χ0v) is 23.2. The molecule has 1 fully saturated rings. The zero-order valence-electron chi connectivity index (χ0n) is 23.2. The van der Waals surface area contributed by atoms with Gasteiger partial charge < -0.3 is 35.6 Å². The number of nitrogens with zero attached hydrogens (tertiary/aromatic N) is 1. The molecule has 2 aromatic rings. The van der Waals surface area contributed by atoms with Crippen molar-refractivity contribution >= 4 is 29.7 Å². The summed E-state index contributed by atoms with van der Waals surface area (Å²) in [5.41, 5.74) is 4.44. The number of carbonyl (C=O) groups is 5. The van der Waals surface area contributed by atoms with Gasteiger partial charge in [0.1, 0.15) is 24.7 Å². The molecule has 0 aromatic heterocycles. The van der Waals surface area contributed by atoms with Crippen molar-refractivity contribution in [3.05, 3.63) is 59.7 Å². The van der Waals surface area contributed by atoms with Gasteiger partial charge >= 0.3 is 11.9 Å². The zero-order chi connectivity index (χ0) is 30.4. The Morgan fingerprint density at radius 3 is 2.19 bits per heavy atom. The molecule has 1 aliphatic heterocycles. The van der Waals surface area contributed by atoms with Crippen molar-refractivity contribution < 1.29 is 44.0 Å². The molecule has 0 saturated carbocycles. The van der Waals surface area contributed by atoms with Crippen molar-refractivity contribution in [2.24, 2.45) is 0 Å². The van der Waals surface area contributed by atoms with Gasteiger partial charge in [-0.2, -0.15) is 0 Å². The number of fused-ring (bicyclic) bond motifs is 3. The fraction of sp³-hybridized carbons (Fsp3) is 0.433. The van der Waals surface area contributed by atoms with Gasteiger partial charge in [0.05, 0.1) is 12.7 Å². The minimum Gasteiger partial charge on any atom is -0.480 e. The van der Waals surface area contributed by atoms with Crippen LogP contribution in [0.15, 0.2) is 48.5 Å². The maximum atomic E-state index is 12.9. The highest BCUT2D eigenvalue weighted by Gasteiger charge is 2.39. The van der Waals surface area contributed by atoms with E-state index < -0.39 is 60.5 Å². The van der Waals surface area contributed by atoms with E-state index in [0.717, 1.165) is 22.3 Å². The van der Waals surface area contributed by atoms with Gasteiger partial charge in [0.15, 0.2) is 0 Å². The number of aliphatic carboxylic acids is 1. The number of esters is 1. The van der Waals surface area contributed by atoms with Gasteiger partial charge in [-0.3, -0.25) is 19.2 Å². The maximum absolute atomic E-state index is 12.9. The van der Waals surface area contributed by atoms with Crippen LogP contribution < -0.4 is 10.6 Å². The fourth-order valence-corrected chi connectivity index (χ4v) is 5.41. The third kappa shape index (κ3) is 6.94. The monoisotopic (exact) mass is 581 g/mol. The first-order chi connectivity index (χ1) is 20.1. The van der Waals surface area contributed by atoms with E-state index in [-0.39, 0.29) is 44.8 Å². The normalized spacial score (nSPS) is 18.9. The maximum Gasteiger partial charge on any atom is 0.328 e. The number of carboxylic acids is 1. The molecule has 2 aromatic carbocycles. The lowest BCUT2D eigenvalue weighted by Gasteiger charge is -2.25. The second kappa shape index (κ2) is 13.6. The predicted octanol–water partition coefficient (Wildman–Crippen LogP) is 0.541. The lowest BCUT2D eigenvalue weighted by atomic mass is 9.98. The summed E-state index contributed by atoms with van der Waals surface area (Å²) in [5.74, 6) is -3.89. The number of aliphatic hydroxyl groups excluding tert-OH is 2. The van der Waals surface area contributed by atoms with Crippen LogP contribution in [0, 0.1) is 0 Å². The standard InChI is InChI=1S/C30H35N3O9/c1-17(28(38)32-24(15-34)30(40)41)31-29(39)25-13-18(35)14-33(25)26(36)11-6-12-27(37)42-16-23-21-9-4-2-7-19(21)20-8-3-5-10-22(20)23/h2-5,7-10,17-18,23-25,34-35H,6,11-16H2,1H3,(H,31,39)(H,32,38)(H,40,41)/t17-,18+,24-,25-/m0/s1. The molecule has 224 valence electrons. The van der Waals surface area contributed by atoms with Crippen LogP contribution in [0.5, 0.6) is 0 Å². The molecule has 0 radical (unpaired) electrons. The fourth-order valence-electron chi connectivity index (χ4n) is 5.41. The summed E-state index contributed by atoms with van der Waals surface area (Å²) in [4.78, 5) is 62.8. The molecule has 0 unspecified atom stereocenters. The van der Waals surface area contributed by atoms with Crippen molar-refractivity contribution in [3.63, 3.8) is 0 Å². The smallest absolute Gasteiger partial charge is 0.328 e. The molecule has 1 aliphatic carbocycles. The van der Waals surface area contributed by atoms with Crippen molar-refractivity contribution in [3.8, 4) is 11.1 Å². The number of hydrogen-bond acceptors (Lipinski definition) is 8. The molecule has 4 rings (SSSR count). The number of carboxylic acid groups (broad SMARTS) is 1. The lowest BCUT2D eigenvalue weighted by molar-refractivity contribution is -0.145. The largest absolute Gasteiger partial charge is 0.480 e. The van der Waals surface area contributed by atoms with Crippen molar-refractivity contribution in [2.75, 3.05) is 19.8 Å². The molecular weight excluding hydrogens is 546 g/mol. The number of amides is 3. The van der Waals surface area contributed by atoms with Crippen molar-refractivity contribution in [1.82, 2.24) is 15.5 Å². The number of benzene rings is 2. The van der Waals surface area contributed by atoms with Crippen LogP contribution in [0.1, 0.15) is 49.7 Å². The van der Waals surface area contributed by atoms with E-state index in [4.69, 9.17) is 14.9 Å². The number of aliphatic hydroxyl groups is 2. The molecular formula is C30H35N3O9. The van der Waals surface area contributed by atoms with Crippen LogP contribution in [0.3, 0.4) is 0 Å². The Labute approximate surface area is 242 Å². The average Bonchev–Trinajstić information content (AvgIpc) is 3.52. The van der Waals surface area contributed by atoms with Crippen LogP contribution in [0.4, 0.5) is 0 Å². The van der Waals surface area contributed by atoms with E-state index in [2.05, 4.69) is 10.6 Å². The van der Waals surface area contributed by atoms with Crippen LogP contribution >= 0.6 is 0 Å². The molecule has 42 heavy (non-hydrogen) atoms. The molecule has 3 amide bonds. The summed E-state index contributed by atoms with van der Waals surface area (Å²) in [6.07, 6.45) is -0.837. The van der Waals surface area contributed by atoms with Gasteiger partial charge in [0.2, 0.25) is 17.7 Å². The minimum atomic E-state index is -1.53. The highest BCUT2D eigenvalue weighted by molar-refractivity contribution is 5.93. The Bertz CT molecular complexity index is 1300. The summed E-state index contributed by atoms with van der Waals surface area (Å²) >= 11 is 0. The van der Waals surface area contributed by atoms with Gasteiger partial charge in [-0.05, 0) is 35.6 Å². The Morgan fingerprint density at radius 1 is 0.976 bits per heavy atom. The first kappa shape index (κ1) is 30.7. The molecule has 1 saturated heterocycles. The summed E-state index contributed by atoms with van der Waals surface area (Å²) in [5, 5.41) is 32.7. The van der Waals surface area contributed by atoms with Crippen LogP contribution in [0.2, 0.25) is 0 Å². The van der Waals surface area contributed by atoms with Gasteiger partial charge in [0, 0.05) is 31.7 Å². The number of rotatable bonds is 12. The quantitative estimate of drug-likeness (QED) is 0.223. The summed E-state index contributed by atoms with van der Waals surface area (Å²) < 4.78 is 5.58. The Balaban J connectivity index is 1.25. The highest BCUT2D eigenvalue weighted by atomic mass is 16.5. The lowest BCUT2D eigenvalue weighted by Crippen LogP contribution is -2.54. The molecule has 0 spiro atoms. The highest BCUT2D eigenvalue weighted by Crippen LogP contribution is 2.44. The Morgan fingerprint density at radius 2 is 1.60 bits per heavy atom.